The number of esters is 1. The van der Waals surface area contributed by atoms with E-state index in [4.69, 9.17) is 10.6 Å². The zero-order valence-electron chi connectivity index (χ0n) is 8.95. The molecule has 1 radical (unpaired) electrons. The Kier molecular flexibility index (Phi) is 5.08. The third-order valence-corrected chi connectivity index (χ3v) is 2.50. The fraction of sp³-hybridized carbons (Fsp3) is 0.333. The van der Waals surface area contributed by atoms with Crippen LogP contribution < -0.4 is 5.73 Å². The number of nitrogens with two attached hydrogens (primary N) is 1. The quantitative estimate of drug-likeness (QED) is 0.439. The van der Waals surface area contributed by atoms with Crippen molar-refractivity contribution in [1.82, 2.24) is 4.98 Å². The second kappa shape index (κ2) is 6.59. The number of aromatic nitrogens is 1. The van der Waals surface area contributed by atoms with Crippen LogP contribution in [0.3, 0.4) is 0 Å². The van der Waals surface area contributed by atoms with E-state index in [9.17, 15) is 9.59 Å². The SMILES string of the molecule is COC(=O)C(CON=C[C]=O)c1csc(N)n1. The molecular formula is C9H10N3O4S. The topological polar surface area (TPSA) is 104 Å². The van der Waals surface area contributed by atoms with Crippen LogP contribution in [-0.2, 0) is 19.2 Å². The highest BCUT2D eigenvalue weighted by atomic mass is 32.1. The second-order valence-corrected chi connectivity index (χ2v) is 3.72. The maximum absolute atomic E-state index is 11.5. The first-order chi connectivity index (χ1) is 8.19. The number of hydrogen-bond donors (Lipinski definition) is 1. The van der Waals surface area contributed by atoms with Crippen molar-refractivity contribution >= 4 is 34.9 Å². The smallest absolute Gasteiger partial charge is 0.318 e. The lowest BCUT2D eigenvalue weighted by molar-refractivity contribution is -0.144. The van der Waals surface area contributed by atoms with Gasteiger partial charge in [-0.25, -0.2) is 4.98 Å². The van der Waals surface area contributed by atoms with Crippen molar-refractivity contribution in [2.75, 3.05) is 19.5 Å². The van der Waals surface area contributed by atoms with Crippen LogP contribution in [0.4, 0.5) is 5.13 Å². The molecule has 1 rings (SSSR count). The Morgan fingerprint density at radius 2 is 2.59 bits per heavy atom. The van der Waals surface area contributed by atoms with Gasteiger partial charge in [-0.05, 0) is 0 Å². The van der Waals surface area contributed by atoms with Gasteiger partial charge < -0.3 is 15.3 Å². The highest BCUT2D eigenvalue weighted by Crippen LogP contribution is 2.21. The van der Waals surface area contributed by atoms with Gasteiger partial charge in [-0.2, -0.15) is 0 Å². The summed E-state index contributed by atoms with van der Waals surface area (Å²) in [7, 11) is 1.26. The van der Waals surface area contributed by atoms with Gasteiger partial charge in [-0.1, -0.05) is 5.16 Å². The van der Waals surface area contributed by atoms with Gasteiger partial charge >= 0.3 is 5.97 Å². The van der Waals surface area contributed by atoms with Crippen molar-refractivity contribution in [3.05, 3.63) is 11.1 Å². The molecule has 1 aromatic heterocycles. The van der Waals surface area contributed by atoms with E-state index in [1.54, 1.807) is 5.38 Å². The maximum Gasteiger partial charge on any atom is 0.318 e. The fourth-order valence-electron chi connectivity index (χ4n) is 1.05. The first kappa shape index (κ1) is 13.1. The van der Waals surface area contributed by atoms with E-state index in [1.165, 1.54) is 24.7 Å². The molecule has 0 aliphatic rings. The van der Waals surface area contributed by atoms with Crippen LogP contribution in [0.1, 0.15) is 11.6 Å². The van der Waals surface area contributed by atoms with Gasteiger partial charge in [0.1, 0.15) is 18.7 Å². The lowest BCUT2D eigenvalue weighted by Gasteiger charge is -2.10. The predicted molar refractivity (Wildman–Crippen MR) is 61.4 cm³/mol. The minimum atomic E-state index is -0.725. The molecule has 0 saturated carbocycles. The summed E-state index contributed by atoms with van der Waals surface area (Å²) < 4.78 is 4.61. The van der Waals surface area contributed by atoms with Crippen molar-refractivity contribution in [2.24, 2.45) is 5.16 Å². The van der Waals surface area contributed by atoms with Gasteiger partial charge in [0.15, 0.2) is 5.13 Å². The van der Waals surface area contributed by atoms with Crippen LogP contribution in [0.15, 0.2) is 10.5 Å². The molecule has 0 bridgehead atoms. The second-order valence-electron chi connectivity index (χ2n) is 2.83. The molecule has 0 aliphatic carbocycles. The van der Waals surface area contributed by atoms with Gasteiger partial charge in [-0.15, -0.1) is 11.3 Å². The van der Waals surface area contributed by atoms with Crippen molar-refractivity contribution in [3.63, 3.8) is 0 Å². The lowest BCUT2D eigenvalue weighted by Crippen LogP contribution is -2.19. The summed E-state index contributed by atoms with van der Waals surface area (Å²) in [4.78, 5) is 30.0. The zero-order chi connectivity index (χ0) is 12.7. The largest absolute Gasteiger partial charge is 0.468 e. The highest BCUT2D eigenvalue weighted by molar-refractivity contribution is 7.13. The van der Waals surface area contributed by atoms with Crippen molar-refractivity contribution in [1.29, 1.82) is 0 Å². The molecule has 91 valence electrons. The molecule has 0 amide bonds. The number of nitrogens with zero attached hydrogens (tertiary/aromatic N) is 2. The van der Waals surface area contributed by atoms with Gasteiger partial charge in [0.2, 0.25) is 6.29 Å². The van der Waals surface area contributed by atoms with Crippen LogP contribution in [0.2, 0.25) is 0 Å². The molecule has 7 nitrogen and oxygen atoms in total. The summed E-state index contributed by atoms with van der Waals surface area (Å²) in [5, 5.41) is 5.25. The number of carbonyl (C=O) groups is 1. The minimum absolute atomic E-state index is 0.0893. The van der Waals surface area contributed by atoms with Crippen LogP contribution in [-0.4, -0.2) is 37.2 Å². The number of methoxy groups -OCH3 is 1. The average molecular weight is 256 g/mol. The molecule has 1 unspecified atom stereocenters. The van der Waals surface area contributed by atoms with Gasteiger partial charge in [0, 0.05) is 5.38 Å². The molecule has 0 spiro atoms. The lowest BCUT2D eigenvalue weighted by atomic mass is 10.1. The van der Waals surface area contributed by atoms with E-state index in [0.29, 0.717) is 10.8 Å². The van der Waals surface area contributed by atoms with E-state index in [-0.39, 0.29) is 6.61 Å². The van der Waals surface area contributed by atoms with Crippen molar-refractivity contribution < 1.29 is 19.2 Å². The molecule has 2 N–H and O–H groups in total. The summed E-state index contributed by atoms with van der Waals surface area (Å²) in [6.45, 7) is -0.0893. The normalized spacial score (nSPS) is 12.3. The number of rotatable bonds is 6. The van der Waals surface area contributed by atoms with E-state index in [0.717, 1.165) is 6.21 Å². The van der Waals surface area contributed by atoms with Crippen LogP contribution in [0.5, 0.6) is 0 Å². The Balaban J connectivity index is 2.70. The van der Waals surface area contributed by atoms with E-state index in [1.807, 2.05) is 0 Å². The number of oxime groups is 1. The van der Waals surface area contributed by atoms with Crippen molar-refractivity contribution in [3.8, 4) is 0 Å². The molecule has 0 saturated heterocycles. The number of anilines is 1. The molecule has 1 atom stereocenters. The standard InChI is InChI=1S/C9H10N3O4S/c1-15-8(14)6(4-16-11-2-3-13)7-5-17-9(10)12-7/h2,5-6H,4H2,1H3,(H2,10,12). The van der Waals surface area contributed by atoms with Crippen LogP contribution in [0, 0.1) is 0 Å². The predicted octanol–water partition coefficient (Wildman–Crippen LogP) is 0.0940. The summed E-state index contributed by atoms with van der Waals surface area (Å²) >= 11 is 1.21. The molecule has 0 aromatic carbocycles. The summed E-state index contributed by atoms with van der Waals surface area (Å²) in [5.41, 5.74) is 5.92. The van der Waals surface area contributed by atoms with E-state index >= 15 is 0 Å². The molecule has 1 heterocycles. The van der Waals surface area contributed by atoms with E-state index < -0.39 is 11.9 Å². The molecule has 8 heteroatoms. The molecule has 0 aliphatic heterocycles. The number of thiazole rings is 1. The zero-order valence-corrected chi connectivity index (χ0v) is 9.77. The maximum atomic E-state index is 11.5. The molecule has 17 heavy (non-hydrogen) atoms. The third-order valence-electron chi connectivity index (χ3n) is 1.80. The summed E-state index contributed by atoms with van der Waals surface area (Å²) in [6, 6.07) is 0. The number of nitrogen functional groups attached to an aromatic ring is 1. The van der Waals surface area contributed by atoms with Gasteiger partial charge in [0.05, 0.1) is 12.8 Å². The first-order valence-corrected chi connectivity index (χ1v) is 5.37. The third kappa shape index (κ3) is 3.83. The monoisotopic (exact) mass is 256 g/mol. The van der Waals surface area contributed by atoms with Crippen LogP contribution in [0.25, 0.3) is 0 Å². The minimum Gasteiger partial charge on any atom is -0.468 e. The average Bonchev–Trinajstić information content (AvgIpc) is 2.75. The molecule has 1 aromatic rings. The Morgan fingerprint density at radius 1 is 1.82 bits per heavy atom. The number of hydrogen-bond acceptors (Lipinski definition) is 8. The van der Waals surface area contributed by atoms with E-state index in [2.05, 4.69) is 14.9 Å². The Labute approximate surface area is 101 Å². The summed E-state index contributed by atoms with van der Waals surface area (Å²) in [6.07, 6.45) is 2.22. The molecule has 0 fully saturated rings. The molecular weight excluding hydrogens is 246 g/mol. The Bertz CT molecular complexity index is 418. The highest BCUT2D eigenvalue weighted by Gasteiger charge is 2.25. The van der Waals surface area contributed by atoms with Gasteiger partial charge in [-0.3, -0.25) is 9.59 Å². The Morgan fingerprint density at radius 3 is 3.12 bits per heavy atom. The first-order valence-electron chi connectivity index (χ1n) is 4.49. The number of carbonyl (C=O) groups excluding carboxylic acids is 2. The fourth-order valence-corrected chi connectivity index (χ4v) is 1.67. The summed E-state index contributed by atoms with van der Waals surface area (Å²) in [5.74, 6) is -1.24. The number of ether oxygens (including phenoxy) is 1. The van der Waals surface area contributed by atoms with Gasteiger partial charge in [0.25, 0.3) is 0 Å². The van der Waals surface area contributed by atoms with Crippen LogP contribution >= 0.6 is 11.3 Å². The Hall–Kier alpha value is -1.96. The van der Waals surface area contributed by atoms with Crippen molar-refractivity contribution in [2.45, 2.75) is 5.92 Å².